The third kappa shape index (κ3) is 2.15. The normalized spacial score (nSPS) is 10.2. The van der Waals surface area contributed by atoms with Gasteiger partial charge in [0, 0.05) is 0 Å². The van der Waals surface area contributed by atoms with Crippen molar-refractivity contribution in [3.63, 3.8) is 0 Å². The van der Waals surface area contributed by atoms with Gasteiger partial charge in [0.1, 0.15) is 0 Å². The second kappa shape index (κ2) is 4.18. The third-order valence-corrected chi connectivity index (χ3v) is 2.00. The molecule has 0 aromatic carbocycles. The van der Waals surface area contributed by atoms with E-state index in [1.807, 2.05) is 13.8 Å². The van der Waals surface area contributed by atoms with Crippen LogP contribution in [0.15, 0.2) is 0 Å². The number of hydrazine groups is 1. The van der Waals surface area contributed by atoms with Crippen molar-refractivity contribution in [1.29, 1.82) is 0 Å². The Hall–Kier alpha value is -1.16. The summed E-state index contributed by atoms with van der Waals surface area (Å²) < 4.78 is 0. The SMILES string of the molecule is CCCc1nc(C)c(C)nc1NN. The summed E-state index contributed by atoms with van der Waals surface area (Å²) in [5, 5.41) is 0. The Morgan fingerprint density at radius 1 is 1.23 bits per heavy atom. The van der Waals surface area contributed by atoms with Gasteiger partial charge in [-0.1, -0.05) is 13.3 Å². The zero-order valence-electron chi connectivity index (χ0n) is 8.39. The third-order valence-electron chi connectivity index (χ3n) is 2.00. The summed E-state index contributed by atoms with van der Waals surface area (Å²) in [6, 6.07) is 0. The van der Waals surface area contributed by atoms with Crippen molar-refractivity contribution in [3.05, 3.63) is 17.1 Å². The van der Waals surface area contributed by atoms with E-state index in [-0.39, 0.29) is 0 Å². The molecule has 1 aromatic heterocycles. The van der Waals surface area contributed by atoms with Crippen molar-refractivity contribution in [2.24, 2.45) is 5.84 Å². The van der Waals surface area contributed by atoms with Crippen molar-refractivity contribution in [1.82, 2.24) is 9.97 Å². The molecule has 3 N–H and O–H groups in total. The first-order chi connectivity index (χ1) is 6.19. The van der Waals surface area contributed by atoms with Crippen molar-refractivity contribution < 1.29 is 0 Å². The average Bonchev–Trinajstić information content (AvgIpc) is 2.11. The minimum Gasteiger partial charge on any atom is -0.307 e. The molecule has 0 aliphatic rings. The zero-order valence-corrected chi connectivity index (χ0v) is 8.39. The van der Waals surface area contributed by atoms with E-state index in [1.165, 1.54) is 0 Å². The summed E-state index contributed by atoms with van der Waals surface area (Å²) in [5.74, 6) is 6.05. The molecule has 1 rings (SSSR count). The van der Waals surface area contributed by atoms with Gasteiger partial charge in [0.2, 0.25) is 0 Å². The van der Waals surface area contributed by atoms with Gasteiger partial charge < -0.3 is 5.43 Å². The average molecular weight is 180 g/mol. The van der Waals surface area contributed by atoms with Crippen LogP contribution in [0.1, 0.15) is 30.4 Å². The number of nitrogen functional groups attached to an aromatic ring is 1. The van der Waals surface area contributed by atoms with Gasteiger partial charge in [0.15, 0.2) is 5.82 Å². The number of hydrogen-bond acceptors (Lipinski definition) is 4. The molecule has 0 unspecified atom stereocenters. The van der Waals surface area contributed by atoms with E-state index >= 15 is 0 Å². The van der Waals surface area contributed by atoms with Crippen LogP contribution in [0, 0.1) is 13.8 Å². The fourth-order valence-corrected chi connectivity index (χ4v) is 1.18. The van der Waals surface area contributed by atoms with Crippen LogP contribution in [0.2, 0.25) is 0 Å². The highest BCUT2D eigenvalue weighted by Gasteiger charge is 2.06. The van der Waals surface area contributed by atoms with Crippen LogP contribution < -0.4 is 11.3 Å². The fourth-order valence-electron chi connectivity index (χ4n) is 1.18. The standard InChI is InChI=1S/C9H16N4/c1-4-5-8-9(13-10)12-7(3)6(2)11-8/h4-5,10H2,1-3H3,(H,12,13). The maximum absolute atomic E-state index is 5.35. The largest absolute Gasteiger partial charge is 0.307 e. The van der Waals surface area contributed by atoms with Gasteiger partial charge >= 0.3 is 0 Å². The molecule has 0 spiro atoms. The number of nitrogens with one attached hydrogen (secondary N) is 1. The highest BCUT2D eigenvalue weighted by molar-refractivity contribution is 5.40. The molecule has 4 nitrogen and oxygen atoms in total. The summed E-state index contributed by atoms with van der Waals surface area (Å²) in [6.45, 7) is 6.00. The van der Waals surface area contributed by atoms with E-state index in [1.54, 1.807) is 0 Å². The summed E-state index contributed by atoms with van der Waals surface area (Å²) in [7, 11) is 0. The van der Waals surface area contributed by atoms with Crippen molar-refractivity contribution in [3.8, 4) is 0 Å². The lowest BCUT2D eigenvalue weighted by Gasteiger charge is -2.08. The van der Waals surface area contributed by atoms with Crippen LogP contribution >= 0.6 is 0 Å². The van der Waals surface area contributed by atoms with Gasteiger partial charge in [-0.05, 0) is 20.3 Å². The van der Waals surface area contributed by atoms with E-state index in [0.717, 1.165) is 29.9 Å². The number of anilines is 1. The molecule has 13 heavy (non-hydrogen) atoms. The monoisotopic (exact) mass is 180 g/mol. The fraction of sp³-hybridized carbons (Fsp3) is 0.556. The lowest BCUT2D eigenvalue weighted by atomic mass is 10.2. The molecule has 0 aliphatic carbocycles. The molecule has 4 heteroatoms. The maximum atomic E-state index is 5.35. The van der Waals surface area contributed by atoms with Gasteiger partial charge in [-0.15, -0.1) is 0 Å². The number of nitrogens with two attached hydrogens (primary N) is 1. The minimum atomic E-state index is 0.699. The molecule has 0 fully saturated rings. The first-order valence-electron chi connectivity index (χ1n) is 4.49. The quantitative estimate of drug-likeness (QED) is 0.544. The summed E-state index contributed by atoms with van der Waals surface area (Å²) in [5.41, 5.74) is 5.43. The van der Waals surface area contributed by atoms with Crippen LogP contribution in [0.25, 0.3) is 0 Å². The highest BCUT2D eigenvalue weighted by Crippen LogP contribution is 2.13. The smallest absolute Gasteiger partial charge is 0.162 e. The van der Waals surface area contributed by atoms with Crippen molar-refractivity contribution in [2.45, 2.75) is 33.6 Å². The van der Waals surface area contributed by atoms with Crippen molar-refractivity contribution >= 4 is 5.82 Å². The molecule has 72 valence electrons. The molecule has 0 aliphatic heterocycles. The molecule has 0 amide bonds. The molecular formula is C9H16N4. The maximum Gasteiger partial charge on any atom is 0.162 e. The Balaban J connectivity index is 3.09. The number of aromatic nitrogens is 2. The predicted octanol–water partition coefficient (Wildman–Crippen LogP) is 1.33. The second-order valence-corrected chi connectivity index (χ2v) is 3.08. The number of aryl methyl sites for hydroxylation is 3. The van der Waals surface area contributed by atoms with Crippen LogP contribution in [0.4, 0.5) is 5.82 Å². The molecule has 1 heterocycles. The Morgan fingerprint density at radius 2 is 1.85 bits per heavy atom. The molecule has 0 atom stereocenters. The topological polar surface area (TPSA) is 63.8 Å². The van der Waals surface area contributed by atoms with Crippen LogP contribution in [0.3, 0.4) is 0 Å². The molecule has 1 aromatic rings. The van der Waals surface area contributed by atoms with E-state index < -0.39 is 0 Å². The number of hydrogen-bond donors (Lipinski definition) is 2. The predicted molar refractivity (Wildman–Crippen MR) is 53.3 cm³/mol. The summed E-state index contributed by atoms with van der Waals surface area (Å²) in [6.07, 6.45) is 1.96. The van der Waals surface area contributed by atoms with E-state index in [2.05, 4.69) is 22.3 Å². The van der Waals surface area contributed by atoms with Gasteiger partial charge in [-0.3, -0.25) is 4.98 Å². The van der Waals surface area contributed by atoms with Gasteiger partial charge in [-0.2, -0.15) is 0 Å². The summed E-state index contributed by atoms with van der Waals surface area (Å²) in [4.78, 5) is 8.74. The van der Waals surface area contributed by atoms with Crippen molar-refractivity contribution in [2.75, 3.05) is 5.43 Å². The molecule has 0 saturated carbocycles. The number of nitrogens with zero attached hydrogens (tertiary/aromatic N) is 2. The van der Waals surface area contributed by atoms with Crippen LogP contribution in [-0.2, 0) is 6.42 Å². The van der Waals surface area contributed by atoms with E-state index in [4.69, 9.17) is 5.84 Å². The zero-order chi connectivity index (χ0) is 9.84. The minimum absolute atomic E-state index is 0.699. The van der Waals surface area contributed by atoms with E-state index in [9.17, 15) is 0 Å². The molecule has 0 bridgehead atoms. The lowest BCUT2D eigenvalue weighted by molar-refractivity contribution is 0.852. The van der Waals surface area contributed by atoms with Gasteiger partial charge in [-0.25, -0.2) is 10.8 Å². The van der Waals surface area contributed by atoms with Gasteiger partial charge in [0.25, 0.3) is 0 Å². The lowest BCUT2D eigenvalue weighted by Crippen LogP contribution is -2.14. The Bertz CT molecular complexity index is 296. The second-order valence-electron chi connectivity index (χ2n) is 3.08. The highest BCUT2D eigenvalue weighted by atomic mass is 15.3. The van der Waals surface area contributed by atoms with Crippen LogP contribution in [0.5, 0.6) is 0 Å². The first-order valence-corrected chi connectivity index (χ1v) is 4.49. The molecular weight excluding hydrogens is 164 g/mol. The molecule has 0 radical (unpaired) electrons. The Labute approximate surface area is 78.6 Å². The first kappa shape index (κ1) is 9.92. The Kier molecular flexibility index (Phi) is 3.19. The Morgan fingerprint density at radius 3 is 2.38 bits per heavy atom. The van der Waals surface area contributed by atoms with Crippen LogP contribution in [-0.4, -0.2) is 9.97 Å². The molecule has 0 saturated heterocycles. The number of rotatable bonds is 3. The van der Waals surface area contributed by atoms with Gasteiger partial charge in [0.05, 0.1) is 17.1 Å². The summed E-state index contributed by atoms with van der Waals surface area (Å²) >= 11 is 0. The van der Waals surface area contributed by atoms with E-state index in [0.29, 0.717) is 5.82 Å².